The lowest BCUT2D eigenvalue weighted by Crippen LogP contribution is -2.57. The van der Waals surface area contributed by atoms with E-state index in [2.05, 4.69) is 20.9 Å². The SMILES string of the molecule is CCC(C)C(NC(=O)CN)C(=O)NC(CCCN=C(N)N)C(=O)NC(CCC(N)=O)C(=O)O. The summed E-state index contributed by atoms with van der Waals surface area (Å²) in [7, 11) is 0. The summed E-state index contributed by atoms with van der Waals surface area (Å²) in [4.78, 5) is 63.7. The molecule has 0 fully saturated rings. The van der Waals surface area contributed by atoms with Gasteiger partial charge in [0.05, 0.1) is 6.54 Å². The molecular formula is C19H36N8O6. The number of primary amides is 1. The van der Waals surface area contributed by atoms with Crippen molar-refractivity contribution in [2.24, 2.45) is 33.8 Å². The molecule has 4 unspecified atom stereocenters. The highest BCUT2D eigenvalue weighted by Gasteiger charge is 2.31. The minimum absolute atomic E-state index is 0.0779. The summed E-state index contributed by atoms with van der Waals surface area (Å²) in [6.45, 7) is 3.43. The van der Waals surface area contributed by atoms with E-state index in [4.69, 9.17) is 22.9 Å². The Labute approximate surface area is 192 Å². The van der Waals surface area contributed by atoms with Crippen molar-refractivity contribution in [1.29, 1.82) is 0 Å². The number of amides is 4. The normalized spacial score (nSPS) is 14.2. The van der Waals surface area contributed by atoms with Gasteiger partial charge in [-0.15, -0.1) is 0 Å². The Balaban J connectivity index is 5.54. The van der Waals surface area contributed by atoms with E-state index < -0.39 is 47.7 Å². The number of carbonyl (C=O) groups excluding carboxylic acids is 4. The third-order valence-electron chi connectivity index (χ3n) is 4.87. The molecule has 0 radical (unpaired) electrons. The Morgan fingerprint density at radius 1 is 0.939 bits per heavy atom. The minimum Gasteiger partial charge on any atom is -0.480 e. The zero-order chi connectivity index (χ0) is 25.6. The first kappa shape index (κ1) is 29.6. The topological polar surface area (TPSA) is 258 Å². The number of guanidine groups is 1. The average Bonchev–Trinajstić information content (AvgIpc) is 2.75. The second-order valence-electron chi connectivity index (χ2n) is 7.55. The van der Waals surface area contributed by atoms with Crippen molar-refractivity contribution in [1.82, 2.24) is 16.0 Å². The van der Waals surface area contributed by atoms with Gasteiger partial charge in [0, 0.05) is 13.0 Å². The van der Waals surface area contributed by atoms with Gasteiger partial charge >= 0.3 is 5.97 Å². The molecule has 14 nitrogen and oxygen atoms in total. The van der Waals surface area contributed by atoms with E-state index in [0.29, 0.717) is 12.8 Å². The van der Waals surface area contributed by atoms with Crippen molar-refractivity contribution in [2.75, 3.05) is 13.1 Å². The summed E-state index contributed by atoms with van der Waals surface area (Å²) in [6, 6.07) is -3.49. The average molecular weight is 473 g/mol. The first-order chi connectivity index (χ1) is 15.4. The molecule has 33 heavy (non-hydrogen) atoms. The summed E-state index contributed by atoms with van der Waals surface area (Å²) in [6.07, 6.45) is 0.457. The Hall–Kier alpha value is -3.42. The molecule has 0 aromatic heterocycles. The first-order valence-electron chi connectivity index (χ1n) is 10.6. The van der Waals surface area contributed by atoms with Crippen molar-refractivity contribution in [3.63, 3.8) is 0 Å². The fraction of sp³-hybridized carbons (Fsp3) is 0.684. The van der Waals surface area contributed by atoms with Crippen molar-refractivity contribution >= 4 is 35.6 Å². The summed E-state index contributed by atoms with van der Waals surface area (Å²) < 4.78 is 0. The Bertz CT molecular complexity index is 725. The molecule has 0 aliphatic rings. The van der Waals surface area contributed by atoms with Crippen molar-refractivity contribution in [3.05, 3.63) is 0 Å². The van der Waals surface area contributed by atoms with Crippen LogP contribution in [0, 0.1) is 5.92 Å². The number of rotatable bonds is 16. The van der Waals surface area contributed by atoms with E-state index in [1.54, 1.807) is 6.92 Å². The van der Waals surface area contributed by atoms with Gasteiger partial charge in [-0.2, -0.15) is 0 Å². The zero-order valence-electron chi connectivity index (χ0n) is 19.0. The van der Waals surface area contributed by atoms with E-state index in [1.165, 1.54) is 0 Å². The summed E-state index contributed by atoms with van der Waals surface area (Å²) in [5.41, 5.74) is 20.9. The van der Waals surface area contributed by atoms with Gasteiger partial charge in [-0.1, -0.05) is 20.3 Å². The lowest BCUT2D eigenvalue weighted by molar-refractivity contribution is -0.142. The van der Waals surface area contributed by atoms with Crippen LogP contribution in [0.4, 0.5) is 0 Å². The van der Waals surface area contributed by atoms with E-state index in [9.17, 15) is 29.1 Å². The Morgan fingerprint density at radius 3 is 2.03 bits per heavy atom. The molecule has 12 N–H and O–H groups in total. The highest BCUT2D eigenvalue weighted by molar-refractivity contribution is 5.93. The van der Waals surface area contributed by atoms with Crippen LogP contribution in [0.2, 0.25) is 0 Å². The fourth-order valence-electron chi connectivity index (χ4n) is 2.78. The number of aliphatic carboxylic acids is 1. The van der Waals surface area contributed by atoms with E-state index in [0.717, 1.165) is 0 Å². The van der Waals surface area contributed by atoms with Crippen LogP contribution >= 0.6 is 0 Å². The van der Waals surface area contributed by atoms with Gasteiger partial charge in [0.2, 0.25) is 23.6 Å². The van der Waals surface area contributed by atoms with E-state index in [1.807, 2.05) is 6.92 Å². The molecule has 0 aromatic carbocycles. The lowest BCUT2D eigenvalue weighted by atomic mass is 9.97. The molecule has 0 saturated heterocycles. The number of nitrogens with zero attached hydrogens (tertiary/aromatic N) is 1. The summed E-state index contributed by atoms with van der Waals surface area (Å²) in [5.74, 6) is -4.43. The highest BCUT2D eigenvalue weighted by atomic mass is 16.4. The van der Waals surface area contributed by atoms with Gasteiger partial charge in [0.25, 0.3) is 0 Å². The summed E-state index contributed by atoms with van der Waals surface area (Å²) in [5, 5.41) is 16.7. The number of carboxylic acids is 1. The van der Waals surface area contributed by atoms with Gasteiger partial charge in [-0.25, -0.2) is 4.79 Å². The van der Waals surface area contributed by atoms with Crippen molar-refractivity contribution < 1.29 is 29.1 Å². The molecule has 0 rings (SSSR count). The molecule has 0 aromatic rings. The van der Waals surface area contributed by atoms with Crippen molar-refractivity contribution in [3.8, 4) is 0 Å². The molecule has 0 aliphatic carbocycles. The van der Waals surface area contributed by atoms with Crippen LogP contribution in [0.15, 0.2) is 4.99 Å². The summed E-state index contributed by atoms with van der Waals surface area (Å²) >= 11 is 0. The molecule has 4 atom stereocenters. The fourth-order valence-corrected chi connectivity index (χ4v) is 2.78. The Kier molecular flexibility index (Phi) is 13.8. The number of nitrogens with two attached hydrogens (primary N) is 4. The van der Waals surface area contributed by atoms with Crippen LogP contribution in [0.1, 0.15) is 46.0 Å². The van der Waals surface area contributed by atoms with Crippen molar-refractivity contribution in [2.45, 2.75) is 64.1 Å². The van der Waals surface area contributed by atoms with Gasteiger partial charge < -0.3 is 44.0 Å². The molecular weight excluding hydrogens is 436 g/mol. The predicted octanol–water partition coefficient (Wildman–Crippen LogP) is -3.15. The molecule has 0 bridgehead atoms. The highest BCUT2D eigenvalue weighted by Crippen LogP contribution is 2.10. The van der Waals surface area contributed by atoms with E-state index >= 15 is 0 Å². The standard InChI is InChI=1S/C19H36N8O6/c1-3-10(2)15(27-14(29)9-20)17(31)25-11(5-4-8-24-19(22)23)16(30)26-12(18(32)33)6-7-13(21)28/h10-12,15H,3-9,20H2,1-2H3,(H2,21,28)(H,25,31)(H,26,30)(H,27,29)(H,32,33)(H4,22,23,24). The number of aliphatic imine (C=N–C) groups is 1. The van der Waals surface area contributed by atoms with Gasteiger partial charge in [0.1, 0.15) is 18.1 Å². The number of carbonyl (C=O) groups is 5. The predicted molar refractivity (Wildman–Crippen MR) is 120 cm³/mol. The third-order valence-corrected chi connectivity index (χ3v) is 4.87. The number of hydrogen-bond donors (Lipinski definition) is 8. The van der Waals surface area contributed by atoms with Gasteiger partial charge in [-0.05, 0) is 25.2 Å². The third kappa shape index (κ3) is 12.3. The smallest absolute Gasteiger partial charge is 0.326 e. The molecule has 0 aliphatic heterocycles. The molecule has 0 spiro atoms. The van der Waals surface area contributed by atoms with Crippen LogP contribution in [-0.2, 0) is 24.0 Å². The van der Waals surface area contributed by atoms with Crippen LogP contribution in [0.25, 0.3) is 0 Å². The second-order valence-corrected chi connectivity index (χ2v) is 7.55. The quantitative estimate of drug-likeness (QED) is 0.0639. The molecule has 0 heterocycles. The first-order valence-corrected chi connectivity index (χ1v) is 10.6. The molecule has 14 heteroatoms. The minimum atomic E-state index is -1.38. The molecule has 188 valence electrons. The molecule has 0 saturated carbocycles. The van der Waals surface area contributed by atoms with Crippen LogP contribution in [0.5, 0.6) is 0 Å². The lowest BCUT2D eigenvalue weighted by Gasteiger charge is -2.27. The maximum atomic E-state index is 12.9. The Morgan fingerprint density at radius 2 is 1.55 bits per heavy atom. The number of carboxylic acid groups (broad SMARTS) is 1. The van der Waals surface area contributed by atoms with Crippen LogP contribution < -0.4 is 38.9 Å². The maximum absolute atomic E-state index is 12.9. The van der Waals surface area contributed by atoms with Crippen LogP contribution in [-0.4, -0.2) is 71.9 Å². The molecule has 4 amide bonds. The van der Waals surface area contributed by atoms with Gasteiger partial charge in [-0.3, -0.25) is 24.2 Å². The van der Waals surface area contributed by atoms with Crippen LogP contribution in [0.3, 0.4) is 0 Å². The number of hydrogen-bond acceptors (Lipinski definition) is 7. The van der Waals surface area contributed by atoms with Gasteiger partial charge in [0.15, 0.2) is 5.96 Å². The second kappa shape index (κ2) is 15.4. The largest absolute Gasteiger partial charge is 0.480 e. The van der Waals surface area contributed by atoms with E-state index in [-0.39, 0.29) is 44.2 Å². The number of nitrogens with one attached hydrogen (secondary N) is 3. The maximum Gasteiger partial charge on any atom is 0.326 e. The zero-order valence-corrected chi connectivity index (χ0v) is 19.0. The monoisotopic (exact) mass is 472 g/mol.